The number of amides is 2. The minimum Gasteiger partial charge on any atom is -0.365 e. The van der Waals surface area contributed by atoms with Gasteiger partial charge in [-0.25, -0.2) is 4.31 Å². The van der Waals surface area contributed by atoms with E-state index in [1.165, 1.54) is 4.31 Å². The molecule has 17 heavy (non-hydrogen) atoms. The highest BCUT2D eigenvalue weighted by atomic mass is 35.5. The number of nitrogens with zero attached hydrogens (tertiary/aromatic N) is 1. The van der Waals surface area contributed by atoms with Gasteiger partial charge in [0, 0.05) is 5.75 Å². The van der Waals surface area contributed by atoms with Crippen molar-refractivity contribution in [1.29, 1.82) is 0 Å². The summed E-state index contributed by atoms with van der Waals surface area (Å²) in [5, 5.41) is 0. The Labute approximate surface area is 108 Å². The van der Waals surface area contributed by atoms with Crippen molar-refractivity contribution in [3.8, 4) is 0 Å². The summed E-state index contributed by atoms with van der Waals surface area (Å²) in [6.45, 7) is 0.404. The Hall–Kier alpha value is -1.04. The average Bonchev–Trinajstić information content (AvgIpc) is 2.60. The van der Waals surface area contributed by atoms with Crippen LogP contribution in [0.25, 0.3) is 0 Å². The number of halogens is 1. The first-order valence-corrected chi connectivity index (χ1v) is 6.48. The maximum atomic E-state index is 11.9. The van der Waals surface area contributed by atoms with Gasteiger partial charge in [-0.05, 0) is 24.1 Å². The molecule has 2 amide bonds. The van der Waals surface area contributed by atoms with Crippen LogP contribution in [0, 0.1) is 0 Å². The highest BCUT2D eigenvalue weighted by molar-refractivity contribution is 7.98. The Bertz CT molecular complexity index is 417. The number of carbonyl (C=O) groups excluding carboxylic acids is 2. The van der Waals surface area contributed by atoms with Crippen LogP contribution < -0.4 is 0 Å². The van der Waals surface area contributed by atoms with E-state index in [4.69, 9.17) is 16.3 Å². The van der Waals surface area contributed by atoms with E-state index in [2.05, 4.69) is 0 Å². The molecule has 0 bridgehead atoms. The fraction of sp³-hybridized carbons (Fsp3) is 0.273. The summed E-state index contributed by atoms with van der Waals surface area (Å²) in [5.74, 6) is -0.0130. The summed E-state index contributed by atoms with van der Waals surface area (Å²) in [5.41, 5.74) is 0.923. The van der Waals surface area contributed by atoms with Gasteiger partial charge in [-0.2, -0.15) is 0 Å². The summed E-state index contributed by atoms with van der Waals surface area (Å²) in [7, 11) is 0. The first kappa shape index (κ1) is 12.4. The highest BCUT2D eigenvalue weighted by Crippen LogP contribution is 2.27. The number of hydrogen-bond acceptors (Lipinski definition) is 4. The molecule has 1 aliphatic rings. The summed E-state index contributed by atoms with van der Waals surface area (Å²) >= 11 is 6.50. The summed E-state index contributed by atoms with van der Waals surface area (Å²) in [6.07, 6.45) is 0. The standard InChI is InChI=1S/C11H10ClNO3S/c12-7-16-5-6-17-13-10(14)8-3-1-2-4-9(8)11(13)15/h1-4H,5-7H2. The van der Waals surface area contributed by atoms with E-state index in [9.17, 15) is 9.59 Å². The molecule has 0 fully saturated rings. The number of fused-ring (bicyclic) bond motifs is 1. The molecular weight excluding hydrogens is 262 g/mol. The predicted molar refractivity (Wildman–Crippen MR) is 66.1 cm³/mol. The lowest BCUT2D eigenvalue weighted by molar-refractivity contribution is 0.0776. The zero-order valence-corrected chi connectivity index (χ0v) is 10.5. The smallest absolute Gasteiger partial charge is 0.271 e. The molecule has 6 heteroatoms. The molecule has 0 unspecified atom stereocenters. The van der Waals surface area contributed by atoms with E-state index >= 15 is 0 Å². The first-order valence-electron chi connectivity index (χ1n) is 5.00. The van der Waals surface area contributed by atoms with E-state index in [1.807, 2.05) is 0 Å². The molecule has 1 aromatic carbocycles. The lowest BCUT2D eigenvalue weighted by Gasteiger charge is -2.11. The maximum absolute atomic E-state index is 11.9. The fourth-order valence-electron chi connectivity index (χ4n) is 1.53. The second-order valence-electron chi connectivity index (χ2n) is 3.30. The van der Waals surface area contributed by atoms with Crippen molar-refractivity contribution in [1.82, 2.24) is 4.31 Å². The number of benzene rings is 1. The quantitative estimate of drug-likeness (QED) is 0.356. The number of ether oxygens (including phenoxy) is 1. The molecule has 0 atom stereocenters. The van der Waals surface area contributed by atoms with E-state index in [0.717, 1.165) is 11.9 Å². The largest absolute Gasteiger partial charge is 0.365 e. The lowest BCUT2D eigenvalue weighted by atomic mass is 10.1. The number of rotatable bonds is 5. The van der Waals surface area contributed by atoms with Gasteiger partial charge in [0.05, 0.1) is 17.7 Å². The Morgan fingerprint density at radius 2 is 1.76 bits per heavy atom. The molecule has 90 valence electrons. The predicted octanol–water partition coefficient (Wildman–Crippen LogP) is 2.14. The van der Waals surface area contributed by atoms with Gasteiger partial charge in [-0.1, -0.05) is 23.7 Å². The molecular formula is C11H10ClNO3S. The van der Waals surface area contributed by atoms with E-state index in [0.29, 0.717) is 23.5 Å². The average molecular weight is 272 g/mol. The van der Waals surface area contributed by atoms with Gasteiger partial charge in [0.25, 0.3) is 11.8 Å². The Kier molecular flexibility index (Phi) is 4.04. The van der Waals surface area contributed by atoms with Crippen LogP contribution in [0.5, 0.6) is 0 Å². The number of imide groups is 1. The van der Waals surface area contributed by atoms with Crippen molar-refractivity contribution in [3.05, 3.63) is 35.4 Å². The van der Waals surface area contributed by atoms with Gasteiger partial charge in [0.15, 0.2) is 0 Å². The monoisotopic (exact) mass is 271 g/mol. The molecule has 0 spiro atoms. The van der Waals surface area contributed by atoms with Crippen LogP contribution in [0.15, 0.2) is 24.3 Å². The van der Waals surface area contributed by atoms with E-state index < -0.39 is 0 Å². The Morgan fingerprint density at radius 3 is 2.29 bits per heavy atom. The van der Waals surface area contributed by atoms with E-state index in [1.54, 1.807) is 24.3 Å². The van der Waals surface area contributed by atoms with Gasteiger partial charge in [-0.15, -0.1) is 0 Å². The maximum Gasteiger partial charge on any atom is 0.271 e. The Morgan fingerprint density at radius 1 is 1.18 bits per heavy atom. The molecule has 4 nitrogen and oxygen atoms in total. The Balaban J connectivity index is 2.03. The van der Waals surface area contributed by atoms with Gasteiger partial charge in [0.1, 0.15) is 6.07 Å². The first-order chi connectivity index (χ1) is 8.25. The van der Waals surface area contributed by atoms with Crippen LogP contribution >= 0.6 is 23.5 Å². The zero-order chi connectivity index (χ0) is 12.3. The lowest BCUT2D eigenvalue weighted by Crippen LogP contribution is -2.23. The third kappa shape index (κ3) is 2.46. The van der Waals surface area contributed by atoms with Crippen LogP contribution in [-0.4, -0.2) is 34.5 Å². The van der Waals surface area contributed by atoms with Crippen LogP contribution in [-0.2, 0) is 4.74 Å². The number of hydrogen-bond donors (Lipinski definition) is 0. The zero-order valence-electron chi connectivity index (χ0n) is 8.89. The van der Waals surface area contributed by atoms with Crippen LogP contribution in [0.2, 0.25) is 0 Å². The molecule has 1 heterocycles. The molecule has 1 aromatic rings. The summed E-state index contributed by atoms with van der Waals surface area (Å²) in [6, 6.07) is 6.92. The number of alkyl halides is 1. The summed E-state index contributed by atoms with van der Waals surface area (Å²) < 4.78 is 6.11. The minimum atomic E-state index is -0.263. The van der Waals surface area contributed by atoms with Crippen molar-refractivity contribution < 1.29 is 14.3 Å². The molecule has 0 aromatic heterocycles. The molecule has 0 N–H and O–H groups in total. The summed E-state index contributed by atoms with van der Waals surface area (Å²) in [4.78, 5) is 23.8. The highest BCUT2D eigenvalue weighted by Gasteiger charge is 2.35. The van der Waals surface area contributed by atoms with Crippen molar-refractivity contribution in [2.75, 3.05) is 18.4 Å². The van der Waals surface area contributed by atoms with Gasteiger partial charge in [-0.3, -0.25) is 9.59 Å². The van der Waals surface area contributed by atoms with Crippen molar-refractivity contribution >= 4 is 35.4 Å². The van der Waals surface area contributed by atoms with Crippen molar-refractivity contribution in [3.63, 3.8) is 0 Å². The van der Waals surface area contributed by atoms with Gasteiger partial charge < -0.3 is 4.74 Å². The van der Waals surface area contributed by atoms with Gasteiger partial charge in [0.2, 0.25) is 0 Å². The molecule has 0 radical (unpaired) electrons. The molecule has 0 aliphatic carbocycles. The van der Waals surface area contributed by atoms with Crippen molar-refractivity contribution in [2.24, 2.45) is 0 Å². The van der Waals surface area contributed by atoms with Crippen LogP contribution in [0.1, 0.15) is 20.7 Å². The van der Waals surface area contributed by atoms with Crippen LogP contribution in [0.4, 0.5) is 0 Å². The number of carbonyl (C=O) groups is 2. The SMILES string of the molecule is O=C1c2ccccc2C(=O)N1SCCOCCl. The molecule has 0 saturated carbocycles. The van der Waals surface area contributed by atoms with Gasteiger partial charge >= 0.3 is 0 Å². The van der Waals surface area contributed by atoms with Crippen LogP contribution in [0.3, 0.4) is 0 Å². The van der Waals surface area contributed by atoms with E-state index in [-0.39, 0.29) is 17.9 Å². The topological polar surface area (TPSA) is 46.6 Å². The minimum absolute atomic E-state index is 0.114. The normalized spacial score (nSPS) is 14.3. The van der Waals surface area contributed by atoms with Crippen molar-refractivity contribution in [2.45, 2.75) is 0 Å². The third-order valence-electron chi connectivity index (χ3n) is 2.28. The second-order valence-corrected chi connectivity index (χ2v) is 4.55. The molecule has 1 aliphatic heterocycles. The second kappa shape index (κ2) is 5.53. The fourth-order valence-corrected chi connectivity index (χ4v) is 2.44. The molecule has 0 saturated heterocycles. The third-order valence-corrected chi connectivity index (χ3v) is 3.38. The molecule has 2 rings (SSSR count).